The number of aliphatic hydroxyl groups is 1. The highest BCUT2D eigenvalue weighted by Crippen LogP contribution is 2.34. The molecule has 0 heterocycles. The summed E-state index contributed by atoms with van der Waals surface area (Å²) >= 11 is 7.83. The normalized spacial score (nSPS) is 12.5. The fraction of sp³-hybridized carbons (Fsp3) is 0.368. The van der Waals surface area contributed by atoms with Crippen LogP contribution in [0.5, 0.6) is 0 Å². The summed E-state index contributed by atoms with van der Waals surface area (Å²) in [6.07, 6.45) is -0.182. The maximum Gasteiger partial charge on any atom is 0.186 e. The Morgan fingerprint density at radius 3 is 2.42 bits per heavy atom. The lowest BCUT2D eigenvalue weighted by Gasteiger charge is -2.27. The minimum absolute atomic E-state index is 0.0483. The van der Waals surface area contributed by atoms with Gasteiger partial charge in [0, 0.05) is 3.57 Å². The highest BCUT2D eigenvalue weighted by atomic mass is 127. The molecule has 0 aliphatic carbocycles. The van der Waals surface area contributed by atoms with Gasteiger partial charge in [0.25, 0.3) is 0 Å². The highest BCUT2D eigenvalue weighted by Gasteiger charge is 2.22. The Kier molecular flexibility index (Phi) is 7.63. The lowest BCUT2D eigenvalue weighted by Crippen LogP contribution is -2.27. The van der Waals surface area contributed by atoms with Crippen LogP contribution in [0.15, 0.2) is 30.3 Å². The van der Waals surface area contributed by atoms with Crippen molar-refractivity contribution >= 4 is 45.6 Å². The van der Waals surface area contributed by atoms with Crippen molar-refractivity contribution in [3.8, 4) is 0 Å². The number of aryl methyl sites for hydroxylation is 1. The molecule has 1 unspecified atom stereocenters. The number of nitrogens with zero attached hydrogens (tertiary/aromatic N) is 1. The van der Waals surface area contributed by atoms with Crippen LogP contribution >= 0.6 is 34.2 Å². The Morgan fingerprint density at radius 2 is 1.81 bits per heavy atom. The van der Waals surface area contributed by atoms with Crippen molar-refractivity contribution in [1.82, 2.24) is 0 Å². The zero-order valence-corrected chi connectivity index (χ0v) is 17.7. The fourth-order valence-corrected chi connectivity index (χ4v) is 3.35. The van der Waals surface area contributed by atoms with E-state index in [0.717, 1.165) is 9.13 Å². The van der Waals surface area contributed by atoms with Crippen LogP contribution in [-0.4, -0.2) is 17.8 Å². The Balaban J connectivity index is 2.40. The number of benzene rings is 2. The lowest BCUT2D eigenvalue weighted by molar-refractivity contribution is 0.0256. The molecule has 0 saturated carbocycles. The van der Waals surface area contributed by atoms with E-state index in [2.05, 4.69) is 22.6 Å². The molecule has 0 saturated heterocycles. The smallest absolute Gasteiger partial charge is 0.186 e. The van der Waals surface area contributed by atoms with E-state index in [1.165, 1.54) is 17.2 Å². The fourth-order valence-electron chi connectivity index (χ4n) is 2.56. The summed E-state index contributed by atoms with van der Waals surface area (Å²) in [6.45, 7) is 5.77. The van der Waals surface area contributed by atoms with Crippen molar-refractivity contribution in [2.45, 2.75) is 33.3 Å². The zero-order chi connectivity index (χ0) is 19.4. The molecule has 2 aromatic rings. The number of aliphatic hydroxyl groups excluding tert-OH is 1. The average Bonchev–Trinajstić information content (AvgIpc) is 2.55. The topological polar surface area (TPSA) is 32.7 Å². The van der Waals surface area contributed by atoms with Crippen molar-refractivity contribution in [1.29, 1.82) is 0 Å². The van der Waals surface area contributed by atoms with Crippen LogP contribution in [0.2, 0.25) is 5.02 Å². The standard InChI is InChI=1S/C19H21ClF2INO2/c1-11(2)8-14(25)10-26-24(16-6-4-13(23)9-12(16)3)17-7-5-15(20)18(21)19(17)22/h4-7,9,11,14,25H,8,10H2,1-3H3. The molecule has 1 N–H and O–H groups in total. The van der Waals surface area contributed by atoms with Gasteiger partial charge in [-0.1, -0.05) is 25.4 Å². The van der Waals surface area contributed by atoms with E-state index in [-0.39, 0.29) is 23.2 Å². The van der Waals surface area contributed by atoms with Gasteiger partial charge in [0.2, 0.25) is 0 Å². The largest absolute Gasteiger partial charge is 0.391 e. The molecule has 26 heavy (non-hydrogen) atoms. The van der Waals surface area contributed by atoms with Gasteiger partial charge >= 0.3 is 0 Å². The number of rotatable bonds is 7. The lowest BCUT2D eigenvalue weighted by atomic mass is 10.1. The molecule has 0 aliphatic heterocycles. The Labute approximate surface area is 171 Å². The summed E-state index contributed by atoms with van der Waals surface area (Å²) in [5, 5.41) is 11.0. The van der Waals surface area contributed by atoms with Crippen LogP contribution in [0.3, 0.4) is 0 Å². The van der Waals surface area contributed by atoms with E-state index in [1.54, 1.807) is 6.07 Å². The van der Waals surface area contributed by atoms with Gasteiger partial charge in [0.15, 0.2) is 11.6 Å². The molecule has 2 aromatic carbocycles. The first kappa shape index (κ1) is 21.3. The summed E-state index contributed by atoms with van der Waals surface area (Å²) in [4.78, 5) is 5.70. The molecular weight excluding hydrogens is 475 g/mol. The predicted molar refractivity (Wildman–Crippen MR) is 109 cm³/mol. The molecule has 0 aromatic heterocycles. The van der Waals surface area contributed by atoms with Crippen LogP contribution in [0, 0.1) is 28.0 Å². The molecule has 1 atom stereocenters. The highest BCUT2D eigenvalue weighted by molar-refractivity contribution is 14.1. The molecular formula is C19H21ClF2INO2. The van der Waals surface area contributed by atoms with Gasteiger partial charge in [-0.05, 0) is 77.7 Å². The predicted octanol–water partition coefficient (Wildman–Crippen LogP) is 6.01. The van der Waals surface area contributed by atoms with Gasteiger partial charge in [-0.3, -0.25) is 4.84 Å². The van der Waals surface area contributed by atoms with E-state index in [1.807, 2.05) is 32.9 Å². The maximum absolute atomic E-state index is 14.5. The second kappa shape index (κ2) is 9.30. The van der Waals surface area contributed by atoms with E-state index >= 15 is 0 Å². The van der Waals surface area contributed by atoms with Crippen LogP contribution in [0.4, 0.5) is 20.2 Å². The van der Waals surface area contributed by atoms with Crippen LogP contribution in [0.1, 0.15) is 25.8 Å². The minimum atomic E-state index is -1.14. The molecule has 0 fully saturated rings. The van der Waals surface area contributed by atoms with Gasteiger partial charge in [0.1, 0.15) is 12.3 Å². The van der Waals surface area contributed by atoms with E-state index < -0.39 is 17.7 Å². The van der Waals surface area contributed by atoms with Crippen molar-refractivity contribution in [2.24, 2.45) is 5.92 Å². The van der Waals surface area contributed by atoms with Crippen LogP contribution in [-0.2, 0) is 4.84 Å². The molecule has 0 spiro atoms. The molecule has 0 aliphatic rings. The summed E-state index contributed by atoms with van der Waals surface area (Å²) in [5.41, 5.74) is 1.28. The summed E-state index contributed by atoms with van der Waals surface area (Å²) in [7, 11) is 0. The molecule has 0 radical (unpaired) electrons. The average molecular weight is 496 g/mol. The Bertz CT molecular complexity index is 773. The van der Waals surface area contributed by atoms with Gasteiger partial charge in [-0.15, -0.1) is 0 Å². The molecule has 0 amide bonds. The third kappa shape index (κ3) is 5.28. The molecule has 142 valence electrons. The first-order chi connectivity index (χ1) is 12.2. The third-order valence-corrected chi connectivity index (χ3v) is 4.71. The number of anilines is 2. The van der Waals surface area contributed by atoms with Crippen LogP contribution < -0.4 is 5.06 Å². The second-order valence-corrected chi connectivity index (χ2v) is 8.15. The molecule has 2 rings (SSSR count). The number of halogens is 4. The zero-order valence-electron chi connectivity index (χ0n) is 14.8. The third-order valence-electron chi connectivity index (χ3n) is 3.75. The van der Waals surface area contributed by atoms with E-state index in [4.69, 9.17) is 16.4 Å². The first-order valence-electron chi connectivity index (χ1n) is 8.21. The second-order valence-electron chi connectivity index (χ2n) is 6.50. The molecule has 7 heteroatoms. The summed E-state index contributed by atoms with van der Waals surface area (Å²) < 4.78 is 29.5. The number of hydrogen-bond acceptors (Lipinski definition) is 3. The van der Waals surface area contributed by atoms with E-state index in [9.17, 15) is 13.9 Å². The van der Waals surface area contributed by atoms with Gasteiger partial charge in [0.05, 0.1) is 16.8 Å². The molecule has 3 nitrogen and oxygen atoms in total. The van der Waals surface area contributed by atoms with Crippen molar-refractivity contribution in [2.75, 3.05) is 11.7 Å². The van der Waals surface area contributed by atoms with Gasteiger partial charge in [-0.2, -0.15) is 0 Å². The number of hydrogen-bond donors (Lipinski definition) is 1. The van der Waals surface area contributed by atoms with Crippen molar-refractivity contribution < 1.29 is 18.7 Å². The quantitative estimate of drug-likeness (QED) is 0.290. The summed E-state index contributed by atoms with van der Waals surface area (Å²) in [6, 6.07) is 8.14. The minimum Gasteiger partial charge on any atom is -0.391 e. The van der Waals surface area contributed by atoms with E-state index in [0.29, 0.717) is 12.1 Å². The monoisotopic (exact) mass is 495 g/mol. The van der Waals surface area contributed by atoms with Gasteiger partial charge in [-0.25, -0.2) is 13.8 Å². The van der Waals surface area contributed by atoms with Crippen LogP contribution in [0.25, 0.3) is 0 Å². The summed E-state index contributed by atoms with van der Waals surface area (Å²) in [5.74, 6) is -1.95. The SMILES string of the molecule is Cc1cc(I)ccc1N(OCC(O)CC(C)C)c1ccc(Cl)c(F)c1F. The van der Waals surface area contributed by atoms with Gasteiger partial charge < -0.3 is 5.11 Å². The Morgan fingerprint density at radius 1 is 1.15 bits per heavy atom. The van der Waals surface area contributed by atoms with Crippen molar-refractivity contribution in [3.05, 3.63) is 56.1 Å². The molecule has 0 bridgehead atoms. The maximum atomic E-state index is 14.5. The Hall–Kier alpha value is -0.960. The van der Waals surface area contributed by atoms with Crippen molar-refractivity contribution in [3.63, 3.8) is 0 Å². The first-order valence-corrected chi connectivity index (χ1v) is 9.67.